The van der Waals surface area contributed by atoms with Crippen molar-refractivity contribution in [1.82, 2.24) is 4.98 Å². The fourth-order valence-corrected chi connectivity index (χ4v) is 6.25. The highest BCUT2D eigenvalue weighted by atomic mass is 16.3. The van der Waals surface area contributed by atoms with E-state index in [0.29, 0.717) is 22.9 Å². The molecule has 1 heterocycles. The smallest absolute Gasteiger partial charge is 0.227 e. The largest absolute Gasteiger partial charge is 0.436 e. The Morgan fingerprint density at radius 2 is 1.21 bits per heavy atom. The van der Waals surface area contributed by atoms with E-state index in [2.05, 4.69) is 78.9 Å². The summed E-state index contributed by atoms with van der Waals surface area (Å²) in [6.07, 6.45) is 3.41. The van der Waals surface area contributed by atoms with Gasteiger partial charge in [0.25, 0.3) is 0 Å². The molecule has 8 rings (SSSR count). The maximum Gasteiger partial charge on any atom is 0.227 e. The van der Waals surface area contributed by atoms with Gasteiger partial charge in [0, 0.05) is 11.1 Å². The van der Waals surface area contributed by atoms with E-state index in [1.165, 1.54) is 5.39 Å². The molecule has 0 saturated heterocycles. The maximum atomic E-state index is 9.09. The van der Waals surface area contributed by atoms with Gasteiger partial charge in [0.2, 0.25) is 5.89 Å². The lowest BCUT2D eigenvalue weighted by Gasteiger charge is -2.17. The molecule has 0 amide bonds. The molecule has 0 aliphatic carbocycles. The maximum absolute atomic E-state index is 9.09. The van der Waals surface area contributed by atoms with Crippen molar-refractivity contribution in [3.63, 3.8) is 0 Å². The summed E-state index contributed by atoms with van der Waals surface area (Å²) in [5, 5.41) is 22.2. The van der Waals surface area contributed by atoms with E-state index in [1.807, 2.05) is 72.8 Å². The summed E-state index contributed by atoms with van der Waals surface area (Å²) >= 11 is 0. The normalized spacial score (nSPS) is 11.5. The minimum Gasteiger partial charge on any atom is -0.436 e. The van der Waals surface area contributed by atoms with Crippen LogP contribution in [0.2, 0.25) is 0 Å². The van der Waals surface area contributed by atoms with Crippen LogP contribution in [0, 0.1) is 10.8 Å². The summed E-state index contributed by atoms with van der Waals surface area (Å²) in [7, 11) is 0. The molecule has 7 aromatic carbocycles. The number of oxazole rings is 1. The van der Waals surface area contributed by atoms with E-state index in [9.17, 15) is 0 Å². The van der Waals surface area contributed by atoms with Crippen molar-refractivity contribution in [3.8, 4) is 33.7 Å². The van der Waals surface area contributed by atoms with Crippen LogP contribution in [-0.2, 0) is 0 Å². The fourth-order valence-electron chi connectivity index (χ4n) is 6.25. The Kier molecular flexibility index (Phi) is 7.08. The van der Waals surface area contributed by atoms with Gasteiger partial charge in [0.15, 0.2) is 5.58 Å². The van der Waals surface area contributed by atoms with Gasteiger partial charge in [0.05, 0.1) is 11.4 Å². The minimum absolute atomic E-state index is 0.339. The molecule has 222 valence electrons. The number of benzene rings is 7. The molecule has 0 aliphatic heterocycles. The number of rotatable bonds is 7. The molecule has 2 N–H and O–H groups in total. The van der Waals surface area contributed by atoms with Gasteiger partial charge in [-0.2, -0.15) is 0 Å². The van der Waals surface area contributed by atoms with E-state index in [-0.39, 0.29) is 0 Å². The van der Waals surface area contributed by atoms with Gasteiger partial charge in [-0.3, -0.25) is 0 Å². The first-order valence-electron chi connectivity index (χ1n) is 15.5. The summed E-state index contributed by atoms with van der Waals surface area (Å²) < 4.78 is 6.38. The number of fused-ring (bicyclic) bond motifs is 3. The first-order chi connectivity index (χ1) is 23.1. The fraction of sp³-hybridized carbons (Fsp3) is 0. The average molecular weight is 604 g/mol. The molecular formula is C43H29N3O. The van der Waals surface area contributed by atoms with Crippen LogP contribution in [0.5, 0.6) is 0 Å². The van der Waals surface area contributed by atoms with Gasteiger partial charge in [-0.1, -0.05) is 127 Å². The van der Waals surface area contributed by atoms with Gasteiger partial charge in [-0.15, -0.1) is 0 Å². The second kappa shape index (κ2) is 11.8. The van der Waals surface area contributed by atoms with Gasteiger partial charge < -0.3 is 15.2 Å². The molecule has 0 bridgehead atoms. The van der Waals surface area contributed by atoms with E-state index in [4.69, 9.17) is 20.2 Å². The van der Waals surface area contributed by atoms with Gasteiger partial charge in [0.1, 0.15) is 5.52 Å². The molecule has 0 radical (unpaired) electrons. The first-order valence-corrected chi connectivity index (χ1v) is 15.5. The quantitative estimate of drug-likeness (QED) is 0.178. The van der Waals surface area contributed by atoms with Crippen LogP contribution in [0.15, 0.2) is 168 Å². The molecule has 0 aliphatic rings. The molecule has 0 atom stereocenters. The van der Waals surface area contributed by atoms with Gasteiger partial charge in [-0.25, -0.2) is 4.98 Å². The molecule has 4 heteroatoms. The van der Waals surface area contributed by atoms with E-state index in [1.54, 1.807) is 12.2 Å². The molecule has 4 nitrogen and oxygen atoms in total. The van der Waals surface area contributed by atoms with Crippen molar-refractivity contribution in [2.75, 3.05) is 0 Å². The second-order valence-electron chi connectivity index (χ2n) is 11.5. The summed E-state index contributed by atoms with van der Waals surface area (Å²) in [6, 6.07) is 51.0. The lowest BCUT2D eigenvalue weighted by molar-refractivity contribution is 0.620. The van der Waals surface area contributed by atoms with Crippen LogP contribution < -0.4 is 0 Å². The molecule has 0 spiro atoms. The summed E-state index contributed by atoms with van der Waals surface area (Å²) in [5.41, 5.74) is 8.80. The third-order valence-corrected chi connectivity index (χ3v) is 8.61. The average Bonchev–Trinajstić information content (AvgIpc) is 3.57. The minimum atomic E-state index is 0.339. The van der Waals surface area contributed by atoms with Crippen molar-refractivity contribution in [2.24, 2.45) is 0 Å². The number of aromatic nitrogens is 1. The molecule has 0 saturated carbocycles. The third-order valence-electron chi connectivity index (χ3n) is 8.61. The van der Waals surface area contributed by atoms with E-state index >= 15 is 0 Å². The third kappa shape index (κ3) is 5.32. The zero-order valence-corrected chi connectivity index (χ0v) is 25.4. The van der Waals surface area contributed by atoms with Crippen LogP contribution in [-0.4, -0.2) is 16.4 Å². The highest BCUT2D eigenvalue weighted by Crippen LogP contribution is 2.41. The molecule has 47 heavy (non-hydrogen) atoms. The Labute approximate surface area is 272 Å². The SMILES string of the molecule is N=C(/C=C\C(=N)c1ccccc1-c1c(-c2ccc3nc(-c4ccc5ccccc5c4)oc3c2)ccc2ccccc12)c1ccccc1. The van der Waals surface area contributed by atoms with Crippen molar-refractivity contribution in [1.29, 1.82) is 10.8 Å². The van der Waals surface area contributed by atoms with E-state index in [0.717, 1.165) is 60.6 Å². The highest BCUT2D eigenvalue weighted by Gasteiger charge is 2.18. The highest BCUT2D eigenvalue weighted by molar-refractivity contribution is 6.18. The lowest BCUT2D eigenvalue weighted by Crippen LogP contribution is -2.01. The number of hydrogen-bond acceptors (Lipinski definition) is 4. The Morgan fingerprint density at radius 3 is 2.09 bits per heavy atom. The van der Waals surface area contributed by atoms with Gasteiger partial charge >= 0.3 is 0 Å². The summed E-state index contributed by atoms with van der Waals surface area (Å²) in [4.78, 5) is 4.83. The standard InChI is InChI=1S/C43H29N3O/c44-38(30-12-2-1-3-13-30)23-24-39(45)36-16-8-9-17-37(36)42-34-15-7-6-11-29(34)20-22-35(42)32-21-25-40-41(27-32)47-43(46-40)33-19-18-28-10-4-5-14-31(28)26-33/h1-27,44-45H/b24-23-,44-38?,45-39?. The monoisotopic (exact) mass is 603 g/mol. The van der Waals surface area contributed by atoms with Crippen LogP contribution >= 0.6 is 0 Å². The Hall–Kier alpha value is -6.39. The molecule has 8 aromatic rings. The van der Waals surface area contributed by atoms with Crippen molar-refractivity contribution >= 4 is 44.1 Å². The summed E-state index contributed by atoms with van der Waals surface area (Å²) in [6.45, 7) is 0. The van der Waals surface area contributed by atoms with Gasteiger partial charge in [-0.05, 0) is 85.8 Å². The lowest BCUT2D eigenvalue weighted by atomic mass is 9.86. The Bertz CT molecular complexity index is 2510. The number of nitrogens with zero attached hydrogens (tertiary/aromatic N) is 1. The number of nitrogens with one attached hydrogen (secondary N) is 2. The van der Waals surface area contributed by atoms with Crippen molar-refractivity contribution in [2.45, 2.75) is 0 Å². The van der Waals surface area contributed by atoms with Crippen LogP contribution in [0.1, 0.15) is 11.1 Å². The molecule has 1 aromatic heterocycles. The predicted octanol–water partition coefficient (Wildman–Crippen LogP) is 11.1. The molecule has 0 fully saturated rings. The first kappa shape index (κ1) is 28.1. The van der Waals surface area contributed by atoms with Crippen LogP contribution in [0.4, 0.5) is 0 Å². The Balaban J connectivity index is 1.23. The zero-order chi connectivity index (χ0) is 31.7. The number of allylic oxidation sites excluding steroid dienone is 2. The van der Waals surface area contributed by atoms with Crippen molar-refractivity contribution < 1.29 is 4.42 Å². The summed E-state index contributed by atoms with van der Waals surface area (Å²) in [5.74, 6) is 0.591. The van der Waals surface area contributed by atoms with Crippen LogP contribution in [0.25, 0.3) is 66.4 Å². The topological polar surface area (TPSA) is 73.7 Å². The number of hydrogen-bond donors (Lipinski definition) is 2. The molecular weight excluding hydrogens is 574 g/mol. The zero-order valence-electron chi connectivity index (χ0n) is 25.4. The van der Waals surface area contributed by atoms with Crippen molar-refractivity contribution in [3.05, 3.63) is 175 Å². The van der Waals surface area contributed by atoms with E-state index < -0.39 is 0 Å². The predicted molar refractivity (Wildman–Crippen MR) is 195 cm³/mol. The Morgan fingerprint density at radius 1 is 0.532 bits per heavy atom. The van der Waals surface area contributed by atoms with Crippen LogP contribution in [0.3, 0.4) is 0 Å². The second-order valence-corrected chi connectivity index (χ2v) is 11.5. The molecule has 0 unspecified atom stereocenters.